The molecule has 3 aromatic rings. The van der Waals surface area contributed by atoms with Gasteiger partial charge in [0.25, 0.3) is 5.91 Å². The van der Waals surface area contributed by atoms with Crippen LogP contribution < -0.4 is 14.4 Å². The van der Waals surface area contributed by atoms with Gasteiger partial charge < -0.3 is 14.4 Å². The second-order valence-corrected chi connectivity index (χ2v) is 8.05. The van der Waals surface area contributed by atoms with Gasteiger partial charge in [0.05, 0.1) is 24.4 Å². The Balaban J connectivity index is 2.06. The Bertz CT molecular complexity index is 1020. The van der Waals surface area contributed by atoms with E-state index in [1.165, 1.54) is 31.6 Å². The minimum absolute atomic E-state index is 0.0622. The molecule has 2 heterocycles. The molecule has 0 saturated heterocycles. The maximum atomic E-state index is 13.4. The number of hydrogen-bond acceptors (Lipinski definition) is 8. The van der Waals surface area contributed by atoms with Crippen molar-refractivity contribution in [3.05, 3.63) is 34.5 Å². The third kappa shape index (κ3) is 4.75. The summed E-state index contributed by atoms with van der Waals surface area (Å²) in [5, 5.41) is 1.22. The fourth-order valence-electron chi connectivity index (χ4n) is 2.69. The first-order chi connectivity index (χ1) is 13.8. The number of aromatic nitrogens is 3. The Morgan fingerprint density at radius 3 is 2.52 bits per heavy atom. The van der Waals surface area contributed by atoms with Crippen molar-refractivity contribution in [3.8, 4) is 11.9 Å². The number of hydrogen-bond donors (Lipinski definition) is 0. The van der Waals surface area contributed by atoms with E-state index in [0.29, 0.717) is 23.2 Å². The van der Waals surface area contributed by atoms with Crippen LogP contribution >= 0.6 is 22.9 Å². The number of thiazole rings is 1. The van der Waals surface area contributed by atoms with Crippen LogP contribution in [0.1, 0.15) is 16.1 Å². The Labute approximate surface area is 178 Å². The van der Waals surface area contributed by atoms with Gasteiger partial charge in [-0.1, -0.05) is 22.9 Å². The Kier molecular flexibility index (Phi) is 6.51. The molecule has 3 rings (SSSR count). The van der Waals surface area contributed by atoms with Gasteiger partial charge >= 0.3 is 6.01 Å². The van der Waals surface area contributed by atoms with Gasteiger partial charge in [0.15, 0.2) is 5.13 Å². The monoisotopic (exact) mass is 435 g/mol. The highest BCUT2D eigenvalue weighted by atomic mass is 35.5. The van der Waals surface area contributed by atoms with E-state index in [-0.39, 0.29) is 23.5 Å². The normalized spacial score (nSPS) is 11.1. The highest BCUT2D eigenvalue weighted by molar-refractivity contribution is 7.22. The Hall–Kier alpha value is -2.49. The van der Waals surface area contributed by atoms with Crippen molar-refractivity contribution >= 4 is 44.2 Å². The van der Waals surface area contributed by atoms with Crippen LogP contribution in [0.3, 0.4) is 0 Å². The molecule has 2 aromatic heterocycles. The molecule has 1 amide bonds. The van der Waals surface area contributed by atoms with E-state index in [2.05, 4.69) is 9.97 Å². The zero-order chi connectivity index (χ0) is 21.1. The molecule has 0 atom stereocenters. The van der Waals surface area contributed by atoms with E-state index in [1.807, 2.05) is 38.1 Å². The highest BCUT2D eigenvalue weighted by Gasteiger charge is 2.24. The van der Waals surface area contributed by atoms with E-state index < -0.39 is 0 Å². The number of aryl methyl sites for hydroxylation is 1. The quantitative estimate of drug-likeness (QED) is 0.563. The smallest absolute Gasteiger partial charge is 0.320 e. The van der Waals surface area contributed by atoms with Crippen LogP contribution in [-0.4, -0.2) is 67.2 Å². The fraction of sp³-hybridized carbons (Fsp3) is 0.368. The summed E-state index contributed by atoms with van der Waals surface area (Å²) >= 11 is 7.60. The van der Waals surface area contributed by atoms with Crippen LogP contribution in [0.15, 0.2) is 18.2 Å². The first-order valence-corrected chi connectivity index (χ1v) is 10.0. The van der Waals surface area contributed by atoms with Crippen LogP contribution in [0.5, 0.6) is 11.9 Å². The largest absolute Gasteiger partial charge is 0.481 e. The summed E-state index contributed by atoms with van der Waals surface area (Å²) in [5.74, 6) is -0.0617. The number of carbonyl (C=O) groups is 1. The predicted molar refractivity (Wildman–Crippen MR) is 115 cm³/mol. The lowest BCUT2D eigenvalue weighted by molar-refractivity contribution is 0.0978. The molecular formula is C19H22ClN5O3S. The molecule has 8 nitrogen and oxygen atoms in total. The third-order valence-electron chi connectivity index (χ3n) is 4.18. The molecule has 1 aromatic carbocycles. The van der Waals surface area contributed by atoms with E-state index in [1.54, 1.807) is 4.90 Å². The number of benzene rings is 1. The number of rotatable bonds is 7. The molecule has 0 spiro atoms. The van der Waals surface area contributed by atoms with Crippen LogP contribution in [0.25, 0.3) is 10.2 Å². The summed E-state index contributed by atoms with van der Waals surface area (Å²) in [7, 11) is 6.80. The first-order valence-electron chi connectivity index (χ1n) is 8.82. The molecule has 10 heteroatoms. The molecule has 0 aliphatic heterocycles. The summed E-state index contributed by atoms with van der Waals surface area (Å²) in [5.41, 5.74) is 1.96. The van der Waals surface area contributed by atoms with Gasteiger partial charge in [-0.3, -0.25) is 9.69 Å². The van der Waals surface area contributed by atoms with Crippen molar-refractivity contribution in [1.29, 1.82) is 0 Å². The average molecular weight is 436 g/mol. The van der Waals surface area contributed by atoms with Crippen molar-refractivity contribution in [2.45, 2.75) is 6.92 Å². The number of likely N-dealkylation sites (N-methyl/N-ethyl adjacent to an activating group) is 1. The van der Waals surface area contributed by atoms with Crippen molar-refractivity contribution in [1.82, 2.24) is 19.9 Å². The maximum absolute atomic E-state index is 13.4. The average Bonchev–Trinajstić information content (AvgIpc) is 3.11. The molecule has 0 saturated carbocycles. The number of anilines is 1. The Morgan fingerprint density at radius 2 is 1.86 bits per heavy atom. The van der Waals surface area contributed by atoms with Crippen LogP contribution in [0, 0.1) is 6.92 Å². The van der Waals surface area contributed by atoms with E-state index in [0.717, 1.165) is 15.8 Å². The molecule has 0 aliphatic carbocycles. The second-order valence-electron chi connectivity index (χ2n) is 6.61. The molecule has 0 radical (unpaired) electrons. The zero-order valence-corrected chi connectivity index (χ0v) is 18.5. The number of halogens is 1. The molecule has 0 bridgehead atoms. The van der Waals surface area contributed by atoms with Gasteiger partial charge in [0.1, 0.15) is 5.69 Å². The standard InChI is InChI=1S/C19H22ClN5O3S/c1-11-8-12(20)9-14-16(11)23-19(29-14)25(7-6-24(2)3)17(26)13-10-15(27-4)22-18(21-13)28-5/h8-10H,6-7H2,1-5H3. The molecule has 29 heavy (non-hydrogen) atoms. The van der Waals surface area contributed by atoms with E-state index in [9.17, 15) is 4.79 Å². The number of nitrogens with zero attached hydrogens (tertiary/aromatic N) is 5. The van der Waals surface area contributed by atoms with E-state index in [4.69, 9.17) is 26.1 Å². The topological polar surface area (TPSA) is 80.7 Å². The van der Waals surface area contributed by atoms with Crippen LogP contribution in [0.2, 0.25) is 5.02 Å². The van der Waals surface area contributed by atoms with Crippen molar-refractivity contribution in [3.63, 3.8) is 0 Å². The number of methoxy groups -OCH3 is 2. The van der Waals surface area contributed by atoms with Gasteiger partial charge in [0.2, 0.25) is 5.88 Å². The van der Waals surface area contributed by atoms with Gasteiger partial charge in [-0.2, -0.15) is 9.97 Å². The van der Waals surface area contributed by atoms with Gasteiger partial charge in [0, 0.05) is 24.2 Å². The number of carbonyl (C=O) groups excluding carboxylic acids is 1. The lowest BCUT2D eigenvalue weighted by atomic mass is 10.2. The van der Waals surface area contributed by atoms with E-state index >= 15 is 0 Å². The first kappa shape index (κ1) is 21.2. The molecule has 0 N–H and O–H groups in total. The third-order valence-corrected chi connectivity index (χ3v) is 5.42. The predicted octanol–water partition coefficient (Wildman–Crippen LogP) is 3.27. The van der Waals surface area contributed by atoms with Crippen molar-refractivity contribution in [2.75, 3.05) is 46.3 Å². The summed E-state index contributed by atoms with van der Waals surface area (Å²) < 4.78 is 11.2. The lowest BCUT2D eigenvalue weighted by Crippen LogP contribution is -2.37. The summed E-state index contributed by atoms with van der Waals surface area (Å²) in [6.45, 7) is 3.04. The van der Waals surface area contributed by atoms with Crippen molar-refractivity contribution < 1.29 is 14.3 Å². The second kappa shape index (κ2) is 8.89. The molecule has 154 valence electrons. The summed E-state index contributed by atoms with van der Waals surface area (Å²) in [4.78, 5) is 29.9. The van der Waals surface area contributed by atoms with Crippen LogP contribution in [-0.2, 0) is 0 Å². The summed E-state index contributed by atoms with van der Waals surface area (Å²) in [6.07, 6.45) is 0. The molecule has 0 aliphatic rings. The number of amides is 1. The molecule has 0 unspecified atom stereocenters. The van der Waals surface area contributed by atoms with Crippen molar-refractivity contribution in [2.24, 2.45) is 0 Å². The van der Waals surface area contributed by atoms with Gasteiger partial charge in [-0.15, -0.1) is 0 Å². The SMILES string of the molecule is COc1cc(C(=O)N(CCN(C)C)c2nc3c(C)cc(Cl)cc3s2)nc(OC)n1. The fourth-order valence-corrected chi connectivity index (χ4v) is 4.13. The summed E-state index contributed by atoms with van der Waals surface area (Å²) in [6, 6.07) is 5.27. The highest BCUT2D eigenvalue weighted by Crippen LogP contribution is 2.33. The van der Waals surface area contributed by atoms with Gasteiger partial charge in [-0.05, 0) is 38.7 Å². The molecule has 0 fully saturated rings. The molecular weight excluding hydrogens is 414 g/mol. The number of fused-ring (bicyclic) bond motifs is 1. The van der Waals surface area contributed by atoms with Gasteiger partial charge in [-0.25, -0.2) is 4.98 Å². The Morgan fingerprint density at radius 1 is 1.10 bits per heavy atom. The minimum Gasteiger partial charge on any atom is -0.481 e. The maximum Gasteiger partial charge on any atom is 0.320 e. The number of ether oxygens (including phenoxy) is 2. The van der Waals surface area contributed by atoms with Crippen LogP contribution in [0.4, 0.5) is 5.13 Å². The minimum atomic E-state index is -0.311. The zero-order valence-electron chi connectivity index (χ0n) is 16.9. The lowest BCUT2D eigenvalue weighted by Gasteiger charge is -2.21.